The van der Waals surface area contributed by atoms with Crippen LogP contribution in [0.4, 0.5) is 14.9 Å². The van der Waals surface area contributed by atoms with Gasteiger partial charge in [-0.1, -0.05) is 6.07 Å². The maximum absolute atomic E-state index is 13.1. The second-order valence-electron chi connectivity index (χ2n) is 3.44. The Bertz CT molecular complexity index is 435. The van der Waals surface area contributed by atoms with Crippen LogP contribution in [0.15, 0.2) is 18.2 Å². The van der Waals surface area contributed by atoms with Crippen LogP contribution >= 0.6 is 0 Å². The van der Waals surface area contributed by atoms with E-state index in [-0.39, 0.29) is 13.0 Å². The van der Waals surface area contributed by atoms with E-state index >= 15 is 0 Å². The molecule has 0 saturated carbocycles. The van der Waals surface area contributed by atoms with Gasteiger partial charge in [-0.05, 0) is 19.1 Å². The quantitative estimate of drug-likeness (QED) is 0.749. The van der Waals surface area contributed by atoms with Crippen LogP contribution in [0.5, 0.6) is 0 Å². The standard InChI is InChI=1S/C11H13FN2O3/c1-7-8(12)3-2-4-9(7)14-11(17)13-6-5-10(15)16/h2-4H,5-6H2,1H3,(H,15,16)(H2,13,14,17). The Morgan fingerprint density at radius 3 is 2.76 bits per heavy atom. The molecule has 0 unspecified atom stereocenters. The highest BCUT2D eigenvalue weighted by atomic mass is 19.1. The number of anilines is 1. The Labute approximate surface area is 97.6 Å². The minimum atomic E-state index is -0.993. The summed E-state index contributed by atoms with van der Waals surface area (Å²) in [5, 5.41) is 13.2. The third-order valence-corrected chi connectivity index (χ3v) is 2.14. The molecule has 0 aliphatic carbocycles. The molecule has 1 aromatic rings. The zero-order valence-electron chi connectivity index (χ0n) is 9.29. The number of carboxylic acids is 1. The summed E-state index contributed by atoms with van der Waals surface area (Å²) in [4.78, 5) is 21.5. The summed E-state index contributed by atoms with van der Waals surface area (Å²) in [6.07, 6.45) is -0.157. The fourth-order valence-electron chi connectivity index (χ4n) is 1.19. The summed E-state index contributed by atoms with van der Waals surface area (Å²) >= 11 is 0. The molecule has 0 saturated heterocycles. The van der Waals surface area contributed by atoms with E-state index in [0.29, 0.717) is 11.3 Å². The van der Waals surface area contributed by atoms with Crippen LogP contribution in [-0.4, -0.2) is 23.7 Å². The lowest BCUT2D eigenvalue weighted by Crippen LogP contribution is -2.30. The topological polar surface area (TPSA) is 78.4 Å². The number of nitrogens with one attached hydrogen (secondary N) is 2. The molecule has 3 N–H and O–H groups in total. The molecule has 0 fully saturated rings. The van der Waals surface area contributed by atoms with Crippen molar-refractivity contribution >= 4 is 17.7 Å². The van der Waals surface area contributed by atoms with Crippen molar-refractivity contribution in [3.05, 3.63) is 29.6 Å². The SMILES string of the molecule is Cc1c(F)cccc1NC(=O)NCCC(=O)O. The Hall–Kier alpha value is -2.11. The lowest BCUT2D eigenvalue weighted by atomic mass is 10.2. The van der Waals surface area contributed by atoms with Crippen molar-refractivity contribution in [1.29, 1.82) is 0 Å². The van der Waals surface area contributed by atoms with Crippen molar-refractivity contribution < 1.29 is 19.1 Å². The molecule has 1 rings (SSSR count). The van der Waals surface area contributed by atoms with Crippen LogP contribution in [0, 0.1) is 12.7 Å². The number of hydrogen-bond donors (Lipinski definition) is 3. The van der Waals surface area contributed by atoms with Gasteiger partial charge < -0.3 is 15.7 Å². The number of hydrogen-bond acceptors (Lipinski definition) is 2. The van der Waals surface area contributed by atoms with E-state index < -0.39 is 17.8 Å². The molecule has 92 valence electrons. The zero-order chi connectivity index (χ0) is 12.8. The monoisotopic (exact) mass is 240 g/mol. The second kappa shape index (κ2) is 5.83. The highest BCUT2D eigenvalue weighted by Crippen LogP contribution is 2.16. The smallest absolute Gasteiger partial charge is 0.319 e. The number of amides is 2. The van der Waals surface area contributed by atoms with Gasteiger partial charge in [0.25, 0.3) is 0 Å². The molecule has 0 aromatic heterocycles. The van der Waals surface area contributed by atoms with Crippen molar-refractivity contribution in [3.63, 3.8) is 0 Å². The number of benzene rings is 1. The van der Waals surface area contributed by atoms with E-state index in [4.69, 9.17) is 5.11 Å². The highest BCUT2D eigenvalue weighted by molar-refractivity contribution is 5.90. The molecule has 17 heavy (non-hydrogen) atoms. The lowest BCUT2D eigenvalue weighted by Gasteiger charge is -2.09. The Kier molecular flexibility index (Phi) is 4.45. The summed E-state index contributed by atoms with van der Waals surface area (Å²) < 4.78 is 13.1. The maximum Gasteiger partial charge on any atom is 0.319 e. The van der Waals surface area contributed by atoms with Crippen molar-refractivity contribution in [2.45, 2.75) is 13.3 Å². The van der Waals surface area contributed by atoms with Crippen LogP contribution in [0.2, 0.25) is 0 Å². The van der Waals surface area contributed by atoms with E-state index in [1.807, 2.05) is 0 Å². The Balaban J connectivity index is 2.51. The maximum atomic E-state index is 13.1. The van der Waals surface area contributed by atoms with E-state index in [2.05, 4.69) is 10.6 Å². The number of carbonyl (C=O) groups is 2. The summed E-state index contributed by atoms with van der Waals surface area (Å²) in [5.74, 6) is -1.40. The fraction of sp³-hybridized carbons (Fsp3) is 0.273. The highest BCUT2D eigenvalue weighted by Gasteiger charge is 2.07. The molecule has 1 aromatic carbocycles. The average molecular weight is 240 g/mol. The van der Waals surface area contributed by atoms with Gasteiger partial charge in [0.1, 0.15) is 5.82 Å². The predicted molar refractivity (Wildman–Crippen MR) is 60.4 cm³/mol. The Morgan fingerprint density at radius 2 is 2.12 bits per heavy atom. The molecule has 0 atom stereocenters. The van der Waals surface area contributed by atoms with Crippen LogP contribution in [0.3, 0.4) is 0 Å². The molecule has 0 heterocycles. The molecule has 0 spiro atoms. The minimum absolute atomic E-state index is 0.0233. The summed E-state index contributed by atoms with van der Waals surface area (Å²) in [6, 6.07) is 3.78. The largest absolute Gasteiger partial charge is 0.481 e. The van der Waals surface area contributed by atoms with Gasteiger partial charge in [0, 0.05) is 17.8 Å². The third-order valence-electron chi connectivity index (χ3n) is 2.14. The first-order valence-corrected chi connectivity index (χ1v) is 5.02. The number of halogens is 1. The predicted octanol–water partition coefficient (Wildman–Crippen LogP) is 1.73. The first kappa shape index (κ1) is 13.0. The van der Waals surface area contributed by atoms with Crippen LogP contribution in [-0.2, 0) is 4.79 Å². The van der Waals surface area contributed by atoms with Crippen LogP contribution < -0.4 is 10.6 Å². The van der Waals surface area contributed by atoms with Gasteiger partial charge in [-0.25, -0.2) is 9.18 Å². The fourth-order valence-corrected chi connectivity index (χ4v) is 1.19. The van der Waals surface area contributed by atoms with Gasteiger partial charge >= 0.3 is 12.0 Å². The second-order valence-corrected chi connectivity index (χ2v) is 3.44. The first-order valence-electron chi connectivity index (χ1n) is 5.02. The first-order chi connectivity index (χ1) is 8.00. The van der Waals surface area contributed by atoms with Gasteiger partial charge in [-0.15, -0.1) is 0 Å². The van der Waals surface area contributed by atoms with Crippen molar-refractivity contribution in [2.75, 3.05) is 11.9 Å². The molecule has 6 heteroatoms. The van der Waals surface area contributed by atoms with Crippen molar-refractivity contribution in [3.8, 4) is 0 Å². The third kappa shape index (κ3) is 4.10. The van der Waals surface area contributed by atoms with Gasteiger partial charge in [0.2, 0.25) is 0 Å². The molecule has 0 aliphatic rings. The summed E-state index contributed by atoms with van der Waals surface area (Å²) in [5.41, 5.74) is 0.693. The molecule has 0 bridgehead atoms. The normalized spacial score (nSPS) is 9.76. The number of aliphatic carboxylic acids is 1. The van der Waals surface area contributed by atoms with E-state index in [1.54, 1.807) is 13.0 Å². The molecule has 0 radical (unpaired) electrons. The van der Waals surface area contributed by atoms with Gasteiger partial charge in [-0.2, -0.15) is 0 Å². The number of rotatable bonds is 4. The van der Waals surface area contributed by atoms with Gasteiger partial charge in [0.05, 0.1) is 6.42 Å². The van der Waals surface area contributed by atoms with Crippen LogP contribution in [0.25, 0.3) is 0 Å². The Morgan fingerprint density at radius 1 is 1.41 bits per heavy atom. The van der Waals surface area contributed by atoms with Gasteiger partial charge in [-0.3, -0.25) is 4.79 Å². The average Bonchev–Trinajstić information content (AvgIpc) is 2.24. The molecular formula is C11H13FN2O3. The summed E-state index contributed by atoms with van der Waals surface area (Å²) in [6.45, 7) is 1.57. The molecular weight excluding hydrogens is 227 g/mol. The lowest BCUT2D eigenvalue weighted by molar-refractivity contribution is -0.136. The minimum Gasteiger partial charge on any atom is -0.481 e. The van der Waals surface area contributed by atoms with Crippen molar-refractivity contribution in [2.24, 2.45) is 0 Å². The van der Waals surface area contributed by atoms with E-state index in [9.17, 15) is 14.0 Å². The van der Waals surface area contributed by atoms with Gasteiger partial charge in [0.15, 0.2) is 0 Å². The van der Waals surface area contributed by atoms with Crippen molar-refractivity contribution in [1.82, 2.24) is 5.32 Å². The van der Waals surface area contributed by atoms with E-state index in [0.717, 1.165) is 0 Å². The number of carboxylic acid groups (broad SMARTS) is 1. The zero-order valence-corrected chi connectivity index (χ0v) is 9.29. The molecule has 0 aliphatic heterocycles. The van der Waals surface area contributed by atoms with Crippen LogP contribution in [0.1, 0.15) is 12.0 Å². The number of urea groups is 1. The summed E-state index contributed by atoms with van der Waals surface area (Å²) in [7, 11) is 0. The molecule has 2 amide bonds. The molecule has 5 nitrogen and oxygen atoms in total. The number of carbonyl (C=O) groups excluding carboxylic acids is 1. The van der Waals surface area contributed by atoms with E-state index in [1.165, 1.54) is 12.1 Å².